The van der Waals surface area contributed by atoms with Crippen molar-refractivity contribution in [3.8, 4) is 0 Å². The molecule has 1 saturated heterocycles. The summed E-state index contributed by atoms with van der Waals surface area (Å²) < 4.78 is 0. The van der Waals surface area contributed by atoms with Gasteiger partial charge in [0.2, 0.25) is 0 Å². The molecule has 2 aliphatic heterocycles. The number of hydrogen-bond acceptors (Lipinski definition) is 5. The first-order valence-corrected chi connectivity index (χ1v) is 8.37. The molecule has 0 aliphatic carbocycles. The van der Waals surface area contributed by atoms with Gasteiger partial charge in [-0.15, -0.1) is 0 Å². The van der Waals surface area contributed by atoms with Crippen LogP contribution in [0.4, 0.5) is 17.3 Å². The molecule has 0 saturated carbocycles. The van der Waals surface area contributed by atoms with Crippen LogP contribution in [0.15, 0.2) is 36.7 Å². The number of rotatable bonds is 3. The molecular weight excluding hydrogens is 304 g/mol. The van der Waals surface area contributed by atoms with Gasteiger partial charge in [-0.25, -0.2) is 9.97 Å². The molecule has 4 rings (SSSR count). The zero-order chi connectivity index (χ0) is 16.5. The van der Waals surface area contributed by atoms with Gasteiger partial charge in [0.05, 0.1) is 5.92 Å². The van der Waals surface area contributed by atoms with Gasteiger partial charge in [-0.1, -0.05) is 18.2 Å². The van der Waals surface area contributed by atoms with Crippen molar-refractivity contribution in [3.05, 3.63) is 42.2 Å². The number of aliphatic carboxylic acids is 1. The monoisotopic (exact) mass is 324 g/mol. The number of hydrogen-bond donors (Lipinski definition) is 1. The molecule has 0 atom stereocenters. The van der Waals surface area contributed by atoms with Crippen LogP contribution in [0.3, 0.4) is 0 Å². The SMILES string of the molecule is O=C(O)C1CCN(c2cc(N3CCc4ccccc43)ncn2)CC1. The second-order valence-electron chi connectivity index (χ2n) is 6.36. The number of nitrogens with zero attached hydrogens (tertiary/aromatic N) is 4. The van der Waals surface area contributed by atoms with Crippen molar-refractivity contribution >= 4 is 23.3 Å². The Morgan fingerprint density at radius 3 is 2.62 bits per heavy atom. The number of carbonyl (C=O) groups is 1. The van der Waals surface area contributed by atoms with E-state index in [1.54, 1.807) is 6.33 Å². The van der Waals surface area contributed by atoms with Gasteiger partial charge < -0.3 is 14.9 Å². The molecule has 0 radical (unpaired) electrons. The van der Waals surface area contributed by atoms with Crippen molar-refractivity contribution in [3.63, 3.8) is 0 Å². The van der Waals surface area contributed by atoms with Crippen molar-refractivity contribution in [1.29, 1.82) is 0 Å². The fourth-order valence-electron chi connectivity index (χ4n) is 3.59. The molecule has 124 valence electrons. The second kappa shape index (κ2) is 6.11. The van der Waals surface area contributed by atoms with Gasteiger partial charge in [0, 0.05) is 31.4 Å². The highest BCUT2D eigenvalue weighted by atomic mass is 16.4. The van der Waals surface area contributed by atoms with Crippen LogP contribution in [-0.4, -0.2) is 40.7 Å². The maximum absolute atomic E-state index is 11.1. The number of aromatic nitrogens is 2. The number of carboxylic acids is 1. The molecule has 1 aromatic heterocycles. The minimum atomic E-state index is -0.688. The molecule has 3 heterocycles. The van der Waals surface area contributed by atoms with Crippen LogP contribution in [0.5, 0.6) is 0 Å². The third kappa shape index (κ3) is 2.68. The van der Waals surface area contributed by atoms with Gasteiger partial charge in [0.15, 0.2) is 0 Å². The zero-order valence-electron chi connectivity index (χ0n) is 13.4. The van der Waals surface area contributed by atoms with E-state index in [1.807, 2.05) is 6.07 Å². The molecule has 1 aromatic carbocycles. The molecule has 6 heteroatoms. The summed E-state index contributed by atoms with van der Waals surface area (Å²) in [5.41, 5.74) is 2.56. The quantitative estimate of drug-likeness (QED) is 0.935. The largest absolute Gasteiger partial charge is 0.481 e. The summed E-state index contributed by atoms with van der Waals surface area (Å²) >= 11 is 0. The molecule has 24 heavy (non-hydrogen) atoms. The summed E-state index contributed by atoms with van der Waals surface area (Å²) in [7, 11) is 0. The number of anilines is 3. The molecule has 6 nitrogen and oxygen atoms in total. The van der Waals surface area contributed by atoms with Gasteiger partial charge in [-0.05, 0) is 30.9 Å². The molecule has 0 unspecified atom stereocenters. The van der Waals surface area contributed by atoms with Gasteiger partial charge in [0.1, 0.15) is 18.0 Å². The van der Waals surface area contributed by atoms with Crippen molar-refractivity contribution < 1.29 is 9.90 Å². The Labute approximate surface area is 140 Å². The molecular formula is C18H20N4O2. The van der Waals surface area contributed by atoms with E-state index in [4.69, 9.17) is 5.11 Å². The highest BCUT2D eigenvalue weighted by molar-refractivity contribution is 5.71. The van der Waals surface area contributed by atoms with E-state index in [9.17, 15) is 4.79 Å². The maximum atomic E-state index is 11.1. The minimum Gasteiger partial charge on any atom is -0.481 e. The molecule has 2 aliphatic rings. The fourth-order valence-corrected chi connectivity index (χ4v) is 3.59. The van der Waals surface area contributed by atoms with Crippen LogP contribution in [-0.2, 0) is 11.2 Å². The fraction of sp³-hybridized carbons (Fsp3) is 0.389. The zero-order valence-corrected chi connectivity index (χ0v) is 13.4. The minimum absolute atomic E-state index is 0.229. The Balaban J connectivity index is 1.54. The van der Waals surface area contributed by atoms with Crippen molar-refractivity contribution in [2.75, 3.05) is 29.4 Å². The first kappa shape index (κ1) is 14.9. The molecule has 0 amide bonds. The van der Waals surface area contributed by atoms with Crippen LogP contribution < -0.4 is 9.80 Å². The maximum Gasteiger partial charge on any atom is 0.306 e. The van der Waals surface area contributed by atoms with E-state index in [2.05, 4.69) is 44.0 Å². The predicted molar refractivity (Wildman–Crippen MR) is 91.8 cm³/mol. The van der Waals surface area contributed by atoms with E-state index >= 15 is 0 Å². The third-order valence-corrected chi connectivity index (χ3v) is 4.97. The smallest absolute Gasteiger partial charge is 0.306 e. The first-order valence-electron chi connectivity index (χ1n) is 8.37. The van der Waals surface area contributed by atoms with Crippen LogP contribution >= 0.6 is 0 Å². The number of piperidine rings is 1. The first-order chi connectivity index (χ1) is 11.7. The number of carboxylic acid groups (broad SMARTS) is 1. The number of fused-ring (bicyclic) bond motifs is 1. The number of para-hydroxylation sites is 1. The highest BCUT2D eigenvalue weighted by Gasteiger charge is 2.26. The van der Waals surface area contributed by atoms with E-state index in [0.29, 0.717) is 12.8 Å². The predicted octanol–water partition coefficient (Wildman–Crippen LogP) is 2.47. The average Bonchev–Trinajstić information content (AvgIpc) is 3.06. The lowest BCUT2D eigenvalue weighted by Crippen LogP contribution is -2.36. The summed E-state index contributed by atoms with van der Waals surface area (Å²) in [6.45, 7) is 2.38. The van der Waals surface area contributed by atoms with Gasteiger partial charge in [-0.3, -0.25) is 4.79 Å². The third-order valence-electron chi connectivity index (χ3n) is 4.97. The molecule has 0 bridgehead atoms. The lowest BCUT2D eigenvalue weighted by Gasteiger charge is -2.31. The van der Waals surface area contributed by atoms with Gasteiger partial charge in [0.25, 0.3) is 0 Å². The highest BCUT2D eigenvalue weighted by Crippen LogP contribution is 2.34. The Kier molecular flexibility index (Phi) is 3.80. The van der Waals surface area contributed by atoms with E-state index < -0.39 is 5.97 Å². The Hall–Kier alpha value is -2.63. The Morgan fingerprint density at radius 2 is 1.83 bits per heavy atom. The topological polar surface area (TPSA) is 69.6 Å². The van der Waals surface area contributed by atoms with Crippen LogP contribution in [0, 0.1) is 5.92 Å². The van der Waals surface area contributed by atoms with Crippen molar-refractivity contribution in [2.45, 2.75) is 19.3 Å². The Morgan fingerprint density at radius 1 is 1.08 bits per heavy atom. The lowest BCUT2D eigenvalue weighted by molar-refractivity contribution is -0.142. The van der Waals surface area contributed by atoms with Crippen molar-refractivity contribution in [1.82, 2.24) is 9.97 Å². The molecule has 1 N–H and O–H groups in total. The summed E-state index contributed by atoms with van der Waals surface area (Å²) in [5, 5.41) is 9.12. The summed E-state index contributed by atoms with van der Waals surface area (Å²) in [6, 6.07) is 10.4. The Bertz CT molecular complexity index is 756. The van der Waals surface area contributed by atoms with Crippen LogP contribution in [0.25, 0.3) is 0 Å². The normalized spacial score (nSPS) is 17.8. The van der Waals surface area contributed by atoms with E-state index in [0.717, 1.165) is 37.7 Å². The van der Waals surface area contributed by atoms with E-state index in [1.165, 1.54) is 11.3 Å². The summed E-state index contributed by atoms with van der Waals surface area (Å²) in [5.74, 6) is 0.873. The lowest BCUT2D eigenvalue weighted by atomic mass is 9.97. The van der Waals surface area contributed by atoms with Gasteiger partial charge in [-0.2, -0.15) is 0 Å². The van der Waals surface area contributed by atoms with Crippen molar-refractivity contribution in [2.24, 2.45) is 5.92 Å². The molecule has 2 aromatic rings. The average molecular weight is 324 g/mol. The molecule has 1 fully saturated rings. The van der Waals surface area contributed by atoms with Crippen LogP contribution in [0.1, 0.15) is 18.4 Å². The standard InChI is InChI=1S/C18H20N4O2/c23-18(24)14-5-8-21(9-6-14)16-11-17(20-12-19-16)22-10-7-13-3-1-2-4-15(13)22/h1-4,11-12,14H,5-10H2,(H,23,24). The summed E-state index contributed by atoms with van der Waals surface area (Å²) in [6.07, 6.45) is 3.97. The van der Waals surface area contributed by atoms with E-state index in [-0.39, 0.29) is 5.92 Å². The summed E-state index contributed by atoms with van der Waals surface area (Å²) in [4.78, 5) is 24.3. The van der Waals surface area contributed by atoms with Crippen LogP contribution in [0.2, 0.25) is 0 Å². The second-order valence-corrected chi connectivity index (χ2v) is 6.36. The van der Waals surface area contributed by atoms with Gasteiger partial charge >= 0.3 is 5.97 Å². The molecule has 0 spiro atoms. The number of benzene rings is 1.